The van der Waals surface area contributed by atoms with Gasteiger partial charge in [-0.25, -0.2) is 0 Å². The van der Waals surface area contributed by atoms with E-state index in [0.717, 1.165) is 11.1 Å². The van der Waals surface area contributed by atoms with E-state index in [1.54, 1.807) is 0 Å². The lowest BCUT2D eigenvalue weighted by molar-refractivity contribution is 1.54. The van der Waals surface area contributed by atoms with Crippen LogP contribution in [-0.2, 0) is 0 Å². The summed E-state index contributed by atoms with van der Waals surface area (Å²) in [6, 6.07) is 8.40. The Balaban J connectivity index is 2.87. The lowest BCUT2D eigenvalue weighted by Gasteiger charge is -2.08. The average Bonchev–Trinajstić information content (AvgIpc) is 2.22. The molecule has 0 amide bonds. The molecule has 1 aromatic rings. The van der Waals surface area contributed by atoms with Crippen molar-refractivity contribution >= 4 is 28.9 Å². The summed E-state index contributed by atoms with van der Waals surface area (Å²) in [5.74, 6) is 0. The topological polar surface area (TPSA) is 24.7 Å². The molecule has 4 heteroatoms. The Morgan fingerprint density at radius 2 is 1.17 bits per heavy atom. The van der Waals surface area contributed by atoms with E-state index in [-0.39, 0.29) is 0 Å². The SMILES string of the molecule is C[Si](C)(C)/N=C/c1cccc(/C=N/[Si](C)(C)C)c1. The van der Waals surface area contributed by atoms with Gasteiger partial charge in [-0.3, -0.25) is 0 Å². The van der Waals surface area contributed by atoms with Gasteiger partial charge in [-0.15, -0.1) is 0 Å². The van der Waals surface area contributed by atoms with Crippen molar-refractivity contribution in [2.24, 2.45) is 9.32 Å². The highest BCUT2D eigenvalue weighted by Gasteiger charge is 2.10. The molecule has 0 N–H and O–H groups in total. The third-order valence-corrected chi connectivity index (χ3v) is 3.92. The molecule has 0 aromatic heterocycles. The predicted molar refractivity (Wildman–Crippen MR) is 88.3 cm³/mol. The summed E-state index contributed by atoms with van der Waals surface area (Å²) >= 11 is 0. The van der Waals surface area contributed by atoms with Gasteiger partial charge in [-0.05, 0) is 56.5 Å². The van der Waals surface area contributed by atoms with Gasteiger partial charge in [0.15, 0.2) is 16.5 Å². The summed E-state index contributed by atoms with van der Waals surface area (Å²) in [5, 5.41) is 0. The molecular weight excluding hydrogens is 252 g/mol. The Hall–Kier alpha value is -1.01. The van der Waals surface area contributed by atoms with Crippen LogP contribution in [0, 0.1) is 0 Å². The molecule has 1 rings (SSSR count). The first-order valence-electron chi connectivity index (χ1n) is 6.36. The van der Waals surface area contributed by atoms with Crippen molar-refractivity contribution < 1.29 is 0 Å². The van der Waals surface area contributed by atoms with Gasteiger partial charge in [0, 0.05) is 12.4 Å². The summed E-state index contributed by atoms with van der Waals surface area (Å²) in [5.41, 5.74) is 2.33. The highest BCUT2D eigenvalue weighted by atomic mass is 28.3. The Morgan fingerprint density at radius 1 is 0.778 bits per heavy atom. The number of benzene rings is 1. The lowest BCUT2D eigenvalue weighted by atomic mass is 10.1. The predicted octanol–water partition coefficient (Wildman–Crippen LogP) is 4.19. The molecule has 2 nitrogen and oxygen atoms in total. The summed E-state index contributed by atoms with van der Waals surface area (Å²) in [7, 11) is -2.73. The van der Waals surface area contributed by atoms with E-state index in [2.05, 4.69) is 72.9 Å². The second-order valence-corrected chi connectivity index (χ2v) is 15.7. The van der Waals surface area contributed by atoms with Crippen molar-refractivity contribution in [3.63, 3.8) is 0 Å². The Bertz CT molecular complexity index is 412. The van der Waals surface area contributed by atoms with Crippen molar-refractivity contribution in [2.45, 2.75) is 39.3 Å². The van der Waals surface area contributed by atoms with Crippen LogP contribution in [0.25, 0.3) is 0 Å². The molecule has 0 atom stereocenters. The van der Waals surface area contributed by atoms with E-state index in [1.807, 2.05) is 12.4 Å². The maximum absolute atomic E-state index is 4.65. The van der Waals surface area contributed by atoms with E-state index in [9.17, 15) is 0 Å². The van der Waals surface area contributed by atoms with Crippen LogP contribution in [0.4, 0.5) is 0 Å². The largest absolute Gasteiger partial charge is 0.329 e. The van der Waals surface area contributed by atoms with Gasteiger partial charge in [0.05, 0.1) is 0 Å². The van der Waals surface area contributed by atoms with Gasteiger partial charge in [0.25, 0.3) is 0 Å². The number of rotatable bonds is 4. The Labute approximate surface area is 113 Å². The maximum atomic E-state index is 4.65. The molecule has 0 unspecified atom stereocenters. The van der Waals surface area contributed by atoms with Crippen LogP contribution >= 0.6 is 0 Å². The molecule has 0 spiro atoms. The molecule has 0 aliphatic carbocycles. The van der Waals surface area contributed by atoms with Crippen molar-refractivity contribution in [1.29, 1.82) is 0 Å². The monoisotopic (exact) mass is 276 g/mol. The molecule has 18 heavy (non-hydrogen) atoms. The van der Waals surface area contributed by atoms with Gasteiger partial charge in [0.2, 0.25) is 0 Å². The molecule has 0 saturated heterocycles. The van der Waals surface area contributed by atoms with Crippen LogP contribution in [0.15, 0.2) is 33.6 Å². The van der Waals surface area contributed by atoms with Gasteiger partial charge in [0.1, 0.15) is 0 Å². The molecule has 98 valence electrons. The summed E-state index contributed by atoms with van der Waals surface area (Å²) in [6.07, 6.45) is 4.00. The molecule has 0 heterocycles. The quantitative estimate of drug-likeness (QED) is 0.582. The average molecular weight is 277 g/mol. The first-order valence-corrected chi connectivity index (χ1v) is 13.3. The second kappa shape index (κ2) is 5.76. The number of nitrogens with zero attached hydrogens (tertiary/aromatic N) is 2. The van der Waals surface area contributed by atoms with Crippen LogP contribution in [-0.4, -0.2) is 28.9 Å². The molecule has 0 radical (unpaired) electrons. The fraction of sp³-hybridized carbons (Fsp3) is 0.429. The van der Waals surface area contributed by atoms with Gasteiger partial charge in [-0.1, -0.05) is 18.2 Å². The zero-order chi connectivity index (χ0) is 13.8. The van der Waals surface area contributed by atoms with Crippen LogP contribution in [0.3, 0.4) is 0 Å². The molecule has 0 fully saturated rings. The minimum absolute atomic E-state index is 1.16. The van der Waals surface area contributed by atoms with Crippen molar-refractivity contribution in [3.8, 4) is 0 Å². The molecule has 1 aromatic carbocycles. The van der Waals surface area contributed by atoms with Crippen molar-refractivity contribution in [3.05, 3.63) is 35.4 Å². The van der Waals surface area contributed by atoms with Crippen LogP contribution in [0.5, 0.6) is 0 Å². The molecular formula is C14H24N2Si2. The van der Waals surface area contributed by atoms with Crippen molar-refractivity contribution in [1.82, 2.24) is 0 Å². The standard InChI is InChI=1S/C14H24N2Si2/c1-17(2,3)15-11-13-8-7-9-14(10-13)12-16-18(4,5)6/h7-12H,1-6H3/b15-11+,16-12+. The van der Waals surface area contributed by atoms with E-state index >= 15 is 0 Å². The maximum Gasteiger partial charge on any atom is 0.172 e. The fourth-order valence-electron chi connectivity index (χ4n) is 1.26. The summed E-state index contributed by atoms with van der Waals surface area (Å²) in [6.45, 7) is 13.4. The second-order valence-electron chi connectivity index (χ2n) is 6.53. The molecule has 0 saturated carbocycles. The van der Waals surface area contributed by atoms with Gasteiger partial charge in [-0.2, -0.15) is 0 Å². The first-order chi connectivity index (χ1) is 8.16. The smallest absolute Gasteiger partial charge is 0.172 e. The van der Waals surface area contributed by atoms with Crippen LogP contribution in [0.2, 0.25) is 39.3 Å². The van der Waals surface area contributed by atoms with Gasteiger partial charge >= 0.3 is 0 Å². The minimum atomic E-state index is -1.36. The van der Waals surface area contributed by atoms with E-state index in [0.29, 0.717) is 0 Å². The molecule has 0 aliphatic rings. The van der Waals surface area contributed by atoms with E-state index < -0.39 is 16.5 Å². The Kier molecular flexibility index (Phi) is 4.81. The van der Waals surface area contributed by atoms with Crippen LogP contribution in [0.1, 0.15) is 11.1 Å². The fourth-order valence-corrected chi connectivity index (χ4v) is 2.33. The third kappa shape index (κ3) is 6.66. The third-order valence-electron chi connectivity index (χ3n) is 2.11. The summed E-state index contributed by atoms with van der Waals surface area (Å²) < 4.78 is 9.31. The lowest BCUT2D eigenvalue weighted by Crippen LogP contribution is -2.16. The first kappa shape index (κ1) is 15.1. The zero-order valence-electron chi connectivity index (χ0n) is 12.4. The molecule has 0 aliphatic heterocycles. The highest BCUT2D eigenvalue weighted by molar-refractivity contribution is 6.75. The normalized spacial score (nSPS) is 13.7. The highest BCUT2D eigenvalue weighted by Crippen LogP contribution is 2.07. The molecule has 0 bridgehead atoms. The van der Waals surface area contributed by atoms with Crippen molar-refractivity contribution in [2.75, 3.05) is 0 Å². The van der Waals surface area contributed by atoms with Gasteiger partial charge < -0.3 is 9.32 Å². The summed E-state index contributed by atoms with van der Waals surface area (Å²) in [4.78, 5) is 0. The van der Waals surface area contributed by atoms with E-state index in [4.69, 9.17) is 0 Å². The van der Waals surface area contributed by atoms with Crippen LogP contribution < -0.4 is 0 Å². The number of hydrogen-bond acceptors (Lipinski definition) is 2. The minimum Gasteiger partial charge on any atom is -0.329 e. The number of hydrogen-bond donors (Lipinski definition) is 0. The van der Waals surface area contributed by atoms with E-state index in [1.165, 1.54) is 0 Å². The Morgan fingerprint density at radius 3 is 1.50 bits per heavy atom. The zero-order valence-corrected chi connectivity index (χ0v) is 14.4.